The highest BCUT2D eigenvalue weighted by atomic mass is 32.1. The lowest BCUT2D eigenvalue weighted by molar-refractivity contribution is 0.299. The Morgan fingerprint density at radius 1 is 0.833 bits per heavy atom. The third-order valence-electron chi connectivity index (χ3n) is 5.24. The lowest BCUT2D eigenvalue weighted by Gasteiger charge is -2.28. The monoisotopic (exact) mass is 412 g/mol. The first-order valence-electron chi connectivity index (χ1n) is 9.78. The van der Waals surface area contributed by atoms with Crippen LogP contribution in [0, 0.1) is 0 Å². The maximum Gasteiger partial charge on any atom is 0.170 e. The average Bonchev–Trinajstić information content (AvgIpc) is 3.40. The van der Waals surface area contributed by atoms with Gasteiger partial charge in [0, 0.05) is 30.5 Å². The molecule has 1 aliphatic rings. The zero-order valence-electron chi connectivity index (χ0n) is 16.2. The second-order valence-electron chi connectivity index (χ2n) is 7.07. The Morgan fingerprint density at radius 3 is 2.30 bits per heavy atom. The molecule has 0 radical (unpaired) electrons. The van der Waals surface area contributed by atoms with Crippen LogP contribution in [0.1, 0.15) is 29.2 Å². The van der Waals surface area contributed by atoms with Crippen molar-refractivity contribution in [2.75, 3.05) is 0 Å². The van der Waals surface area contributed by atoms with E-state index in [0.29, 0.717) is 11.7 Å². The van der Waals surface area contributed by atoms with E-state index in [-0.39, 0.29) is 12.1 Å². The van der Waals surface area contributed by atoms with E-state index >= 15 is 0 Å². The van der Waals surface area contributed by atoms with Gasteiger partial charge in [-0.25, -0.2) is 4.98 Å². The van der Waals surface area contributed by atoms with Gasteiger partial charge in [-0.05, 0) is 60.7 Å². The molecule has 0 bridgehead atoms. The number of pyridine rings is 3. The SMILES string of the molecule is S=C1N[C@H](c2ccccn2)[C@H](c2cccn2-c2ccccn2)N1Cc1ccccn1. The Bertz CT molecular complexity index is 1130. The van der Waals surface area contributed by atoms with Crippen LogP contribution in [0.5, 0.6) is 0 Å². The van der Waals surface area contributed by atoms with Gasteiger partial charge in [-0.2, -0.15) is 0 Å². The van der Waals surface area contributed by atoms with Crippen LogP contribution in [-0.4, -0.2) is 29.5 Å². The predicted molar refractivity (Wildman–Crippen MR) is 119 cm³/mol. The number of aromatic nitrogens is 4. The highest BCUT2D eigenvalue weighted by molar-refractivity contribution is 7.80. The minimum Gasteiger partial charge on any atom is -0.352 e. The second kappa shape index (κ2) is 8.04. The van der Waals surface area contributed by atoms with Crippen molar-refractivity contribution in [2.45, 2.75) is 18.6 Å². The lowest BCUT2D eigenvalue weighted by atomic mass is 10.0. The molecule has 4 aromatic rings. The average molecular weight is 413 g/mol. The van der Waals surface area contributed by atoms with Gasteiger partial charge >= 0.3 is 0 Å². The lowest BCUT2D eigenvalue weighted by Crippen LogP contribution is -2.30. The third kappa shape index (κ3) is 3.44. The predicted octanol–water partition coefficient (Wildman–Crippen LogP) is 3.84. The van der Waals surface area contributed by atoms with E-state index in [4.69, 9.17) is 12.2 Å². The van der Waals surface area contributed by atoms with E-state index in [1.165, 1.54) is 0 Å². The molecule has 148 valence electrons. The zero-order chi connectivity index (χ0) is 20.3. The molecule has 0 saturated carbocycles. The topological polar surface area (TPSA) is 58.9 Å². The second-order valence-corrected chi connectivity index (χ2v) is 7.45. The van der Waals surface area contributed by atoms with Crippen LogP contribution in [0.3, 0.4) is 0 Å². The summed E-state index contributed by atoms with van der Waals surface area (Å²) in [5.41, 5.74) is 3.00. The van der Waals surface area contributed by atoms with E-state index < -0.39 is 0 Å². The standard InChI is InChI=1S/C23H20N6S/c30-23-27-21(18-9-2-5-13-25-18)22(29(23)16-17-8-1-4-12-24-17)19-10-7-15-28(19)20-11-3-6-14-26-20/h1-15,21-22H,16H2,(H,27,30)/t21-,22+/m1/s1. The first-order chi connectivity index (χ1) is 14.8. The van der Waals surface area contributed by atoms with Crippen molar-refractivity contribution >= 4 is 17.3 Å². The van der Waals surface area contributed by atoms with Gasteiger partial charge in [0.05, 0.1) is 30.0 Å². The summed E-state index contributed by atoms with van der Waals surface area (Å²) in [6, 6.07) is 21.8. The minimum absolute atomic E-state index is 0.0635. The van der Waals surface area contributed by atoms with Gasteiger partial charge in [0.15, 0.2) is 5.11 Å². The van der Waals surface area contributed by atoms with Crippen LogP contribution in [-0.2, 0) is 6.54 Å². The maximum absolute atomic E-state index is 5.76. The van der Waals surface area contributed by atoms with Crippen molar-refractivity contribution in [3.05, 3.63) is 109 Å². The molecule has 7 heteroatoms. The van der Waals surface area contributed by atoms with Gasteiger partial charge < -0.3 is 14.8 Å². The van der Waals surface area contributed by atoms with E-state index in [1.807, 2.05) is 79.3 Å². The van der Waals surface area contributed by atoms with Crippen molar-refractivity contribution in [3.63, 3.8) is 0 Å². The molecule has 0 aromatic carbocycles. The van der Waals surface area contributed by atoms with Crippen LogP contribution < -0.4 is 5.32 Å². The van der Waals surface area contributed by atoms with Gasteiger partial charge in [-0.15, -0.1) is 0 Å². The molecule has 5 rings (SSSR count). The van der Waals surface area contributed by atoms with Crippen LogP contribution in [0.4, 0.5) is 0 Å². The zero-order valence-corrected chi connectivity index (χ0v) is 17.0. The van der Waals surface area contributed by atoms with E-state index in [2.05, 4.69) is 35.8 Å². The van der Waals surface area contributed by atoms with Gasteiger partial charge in [0.25, 0.3) is 0 Å². The number of nitrogens with zero attached hydrogens (tertiary/aromatic N) is 5. The quantitative estimate of drug-likeness (QED) is 0.503. The molecule has 1 aliphatic heterocycles. The van der Waals surface area contributed by atoms with Crippen molar-refractivity contribution in [1.82, 2.24) is 29.7 Å². The molecule has 6 nitrogen and oxygen atoms in total. The number of thiocarbonyl (C=S) groups is 1. The van der Waals surface area contributed by atoms with E-state index in [0.717, 1.165) is 22.9 Å². The number of nitrogens with one attached hydrogen (secondary N) is 1. The molecule has 1 N–H and O–H groups in total. The Balaban J connectivity index is 1.60. The fraction of sp³-hybridized carbons (Fsp3) is 0.130. The van der Waals surface area contributed by atoms with Gasteiger partial charge in [-0.3, -0.25) is 9.97 Å². The molecule has 1 fully saturated rings. The van der Waals surface area contributed by atoms with E-state index in [1.54, 1.807) is 6.20 Å². The van der Waals surface area contributed by atoms with Crippen LogP contribution in [0.2, 0.25) is 0 Å². The van der Waals surface area contributed by atoms with Crippen LogP contribution in [0.15, 0.2) is 91.5 Å². The highest BCUT2D eigenvalue weighted by Gasteiger charge is 2.41. The fourth-order valence-electron chi connectivity index (χ4n) is 3.90. The smallest absolute Gasteiger partial charge is 0.170 e. The molecule has 0 aliphatic carbocycles. The summed E-state index contributed by atoms with van der Waals surface area (Å²) in [6.45, 7) is 0.605. The largest absolute Gasteiger partial charge is 0.352 e. The molecule has 0 unspecified atom stereocenters. The van der Waals surface area contributed by atoms with Crippen molar-refractivity contribution in [1.29, 1.82) is 0 Å². The number of rotatable bonds is 5. The Morgan fingerprint density at radius 2 is 1.60 bits per heavy atom. The molecular formula is C23H20N6S. The fourth-order valence-corrected chi connectivity index (χ4v) is 4.21. The molecule has 5 heterocycles. The van der Waals surface area contributed by atoms with Gasteiger partial charge in [-0.1, -0.05) is 18.2 Å². The summed E-state index contributed by atoms with van der Waals surface area (Å²) in [4.78, 5) is 15.8. The summed E-state index contributed by atoms with van der Waals surface area (Å²) in [7, 11) is 0. The molecule has 0 spiro atoms. The molecule has 1 saturated heterocycles. The van der Waals surface area contributed by atoms with Gasteiger partial charge in [0.2, 0.25) is 0 Å². The first-order valence-corrected chi connectivity index (χ1v) is 10.2. The Labute approximate surface area is 180 Å². The highest BCUT2D eigenvalue weighted by Crippen LogP contribution is 2.40. The molecule has 4 aromatic heterocycles. The van der Waals surface area contributed by atoms with Crippen LogP contribution >= 0.6 is 12.2 Å². The molecule has 30 heavy (non-hydrogen) atoms. The Hall–Kier alpha value is -3.58. The molecule has 0 amide bonds. The summed E-state index contributed by atoms with van der Waals surface area (Å²) < 4.78 is 2.11. The summed E-state index contributed by atoms with van der Waals surface area (Å²) in [5.74, 6) is 0.868. The first kappa shape index (κ1) is 18.4. The van der Waals surface area contributed by atoms with Gasteiger partial charge in [0.1, 0.15) is 5.82 Å². The summed E-state index contributed by atoms with van der Waals surface area (Å²) >= 11 is 5.76. The number of hydrogen-bond acceptors (Lipinski definition) is 4. The normalized spacial score (nSPS) is 18.4. The maximum atomic E-state index is 5.76. The van der Waals surface area contributed by atoms with Crippen LogP contribution in [0.25, 0.3) is 5.82 Å². The third-order valence-corrected chi connectivity index (χ3v) is 5.59. The minimum atomic E-state index is -0.0835. The summed E-state index contributed by atoms with van der Waals surface area (Å²) in [6.07, 6.45) is 7.46. The molecular weight excluding hydrogens is 392 g/mol. The summed E-state index contributed by atoms with van der Waals surface area (Å²) in [5, 5.41) is 4.18. The Kier molecular flexibility index (Phi) is 4.94. The van der Waals surface area contributed by atoms with Crippen molar-refractivity contribution in [3.8, 4) is 5.82 Å². The van der Waals surface area contributed by atoms with Crippen molar-refractivity contribution in [2.24, 2.45) is 0 Å². The van der Waals surface area contributed by atoms with Crippen molar-refractivity contribution < 1.29 is 0 Å². The van der Waals surface area contributed by atoms with E-state index in [9.17, 15) is 0 Å². The number of hydrogen-bond donors (Lipinski definition) is 1. The molecule has 2 atom stereocenters.